The highest BCUT2D eigenvalue weighted by atomic mass is 16.5. The molecule has 0 spiro atoms. The monoisotopic (exact) mass is 388 g/mol. The fraction of sp³-hybridized carbons (Fsp3) is 0.240. The molecule has 0 radical (unpaired) electrons. The van der Waals surface area contributed by atoms with Crippen LogP contribution < -0.4 is 9.47 Å². The maximum atomic E-state index is 12.0. The normalized spacial score (nSPS) is 14.7. The first-order valence-corrected chi connectivity index (χ1v) is 9.80. The Kier molecular flexibility index (Phi) is 4.79. The van der Waals surface area contributed by atoms with Gasteiger partial charge >= 0.3 is 5.97 Å². The Bertz CT molecular complexity index is 1110. The maximum absolute atomic E-state index is 12.0. The molecule has 0 aliphatic carbocycles. The van der Waals surface area contributed by atoms with Gasteiger partial charge in [-0.05, 0) is 49.6 Å². The zero-order valence-corrected chi connectivity index (χ0v) is 16.9. The van der Waals surface area contributed by atoms with Gasteiger partial charge in [0.2, 0.25) is 0 Å². The molecule has 3 aromatic carbocycles. The number of hydrogen-bond donors (Lipinski definition) is 1. The van der Waals surface area contributed by atoms with Gasteiger partial charge in [0.15, 0.2) is 0 Å². The van der Waals surface area contributed by atoms with Gasteiger partial charge in [-0.25, -0.2) is 4.79 Å². The molecule has 3 aromatic rings. The predicted octanol–water partition coefficient (Wildman–Crippen LogP) is 6.08. The second-order valence-electron chi connectivity index (χ2n) is 7.73. The van der Waals surface area contributed by atoms with Gasteiger partial charge in [-0.15, -0.1) is 0 Å². The van der Waals surface area contributed by atoms with Crippen molar-refractivity contribution in [1.29, 1.82) is 0 Å². The largest absolute Gasteiger partial charge is 0.488 e. The number of aromatic carboxylic acids is 1. The predicted molar refractivity (Wildman–Crippen MR) is 115 cm³/mol. The van der Waals surface area contributed by atoms with Crippen molar-refractivity contribution >= 4 is 22.8 Å². The molecule has 0 aromatic heterocycles. The smallest absolute Gasteiger partial charge is 0.336 e. The second-order valence-corrected chi connectivity index (χ2v) is 7.73. The standard InChI is InChI=1S/C25H24O4/c1-4-17-13-20-21(24(26)27)14-19-18(23(20)29-25(17,2)3)11-8-12-22(19)28-15-16-9-6-5-7-10-16/h5-14H,4,15H2,1-3H3,(H,26,27). The summed E-state index contributed by atoms with van der Waals surface area (Å²) < 4.78 is 12.4. The average molecular weight is 388 g/mol. The highest BCUT2D eigenvalue weighted by Gasteiger charge is 2.33. The molecule has 0 saturated carbocycles. The fourth-order valence-corrected chi connectivity index (χ4v) is 3.87. The zero-order chi connectivity index (χ0) is 20.6. The maximum Gasteiger partial charge on any atom is 0.336 e. The number of rotatable bonds is 5. The van der Waals surface area contributed by atoms with E-state index in [2.05, 4.69) is 6.92 Å². The van der Waals surface area contributed by atoms with Crippen LogP contribution in [0.15, 0.2) is 60.2 Å². The van der Waals surface area contributed by atoms with E-state index in [4.69, 9.17) is 9.47 Å². The minimum absolute atomic E-state index is 0.227. The first-order valence-electron chi connectivity index (χ1n) is 9.80. The molecule has 29 heavy (non-hydrogen) atoms. The van der Waals surface area contributed by atoms with Crippen LogP contribution >= 0.6 is 0 Å². The SMILES string of the molecule is CCC1=Cc2c(C(=O)O)cc3c(OCc4ccccc4)cccc3c2OC1(C)C. The highest BCUT2D eigenvalue weighted by Crippen LogP contribution is 2.45. The number of carboxylic acids is 1. The van der Waals surface area contributed by atoms with Crippen LogP contribution in [-0.4, -0.2) is 16.7 Å². The molecule has 4 nitrogen and oxygen atoms in total. The summed E-state index contributed by atoms with van der Waals surface area (Å²) in [6.07, 6.45) is 2.77. The van der Waals surface area contributed by atoms with Crippen LogP contribution in [-0.2, 0) is 6.61 Å². The van der Waals surface area contributed by atoms with E-state index in [1.807, 2.05) is 68.5 Å². The molecule has 1 aliphatic heterocycles. The summed E-state index contributed by atoms with van der Waals surface area (Å²) in [5.41, 5.74) is 2.48. The van der Waals surface area contributed by atoms with Gasteiger partial charge in [0.05, 0.1) is 5.56 Å². The minimum atomic E-state index is -0.976. The van der Waals surface area contributed by atoms with Gasteiger partial charge in [-0.2, -0.15) is 0 Å². The van der Waals surface area contributed by atoms with Crippen LogP contribution in [0, 0.1) is 0 Å². The van der Waals surface area contributed by atoms with E-state index >= 15 is 0 Å². The lowest BCUT2D eigenvalue weighted by Gasteiger charge is -2.35. The molecule has 1 N–H and O–H groups in total. The Morgan fingerprint density at radius 3 is 2.52 bits per heavy atom. The van der Waals surface area contributed by atoms with Gasteiger partial charge in [-0.3, -0.25) is 0 Å². The van der Waals surface area contributed by atoms with Crippen LogP contribution in [0.1, 0.15) is 48.7 Å². The fourth-order valence-electron chi connectivity index (χ4n) is 3.87. The molecule has 148 valence electrons. The van der Waals surface area contributed by atoms with Crippen molar-refractivity contribution in [2.75, 3.05) is 0 Å². The number of ether oxygens (including phenoxy) is 2. The van der Waals surface area contributed by atoms with E-state index < -0.39 is 11.6 Å². The first-order chi connectivity index (χ1) is 13.9. The van der Waals surface area contributed by atoms with E-state index in [0.717, 1.165) is 28.3 Å². The van der Waals surface area contributed by atoms with Crippen molar-refractivity contribution < 1.29 is 19.4 Å². The summed E-state index contributed by atoms with van der Waals surface area (Å²) in [5, 5.41) is 11.5. The third kappa shape index (κ3) is 3.46. The number of fused-ring (bicyclic) bond motifs is 3. The summed E-state index contributed by atoms with van der Waals surface area (Å²) in [7, 11) is 0. The Balaban J connectivity index is 1.87. The molecule has 0 bridgehead atoms. The molecule has 0 unspecified atom stereocenters. The van der Waals surface area contributed by atoms with Gasteiger partial charge in [0.1, 0.15) is 23.7 Å². The summed E-state index contributed by atoms with van der Waals surface area (Å²) in [6, 6.07) is 17.3. The van der Waals surface area contributed by atoms with Crippen molar-refractivity contribution in [2.24, 2.45) is 0 Å². The van der Waals surface area contributed by atoms with Crippen LogP contribution in [0.25, 0.3) is 16.8 Å². The van der Waals surface area contributed by atoms with Gasteiger partial charge in [0, 0.05) is 16.3 Å². The lowest BCUT2D eigenvalue weighted by Crippen LogP contribution is -2.33. The highest BCUT2D eigenvalue weighted by molar-refractivity contribution is 6.05. The van der Waals surface area contributed by atoms with Crippen LogP contribution in [0.4, 0.5) is 0 Å². The van der Waals surface area contributed by atoms with Crippen molar-refractivity contribution in [3.05, 3.63) is 76.9 Å². The second kappa shape index (κ2) is 7.28. The Labute approximate surface area is 170 Å². The third-order valence-electron chi connectivity index (χ3n) is 5.43. The molecule has 0 fully saturated rings. The Morgan fingerprint density at radius 2 is 1.83 bits per heavy atom. The van der Waals surface area contributed by atoms with Crippen molar-refractivity contribution in [1.82, 2.24) is 0 Å². The summed E-state index contributed by atoms with van der Waals surface area (Å²) in [5.74, 6) is 0.270. The number of carboxylic acid groups (broad SMARTS) is 1. The molecule has 0 atom stereocenters. The molecule has 1 aliphatic rings. The van der Waals surface area contributed by atoms with E-state index in [9.17, 15) is 9.90 Å². The summed E-state index contributed by atoms with van der Waals surface area (Å²) in [4.78, 5) is 12.0. The zero-order valence-electron chi connectivity index (χ0n) is 16.9. The van der Waals surface area contributed by atoms with Gasteiger partial charge in [-0.1, -0.05) is 49.4 Å². The topological polar surface area (TPSA) is 55.8 Å². The van der Waals surface area contributed by atoms with Crippen molar-refractivity contribution in [2.45, 2.75) is 39.4 Å². The third-order valence-corrected chi connectivity index (χ3v) is 5.43. The van der Waals surface area contributed by atoms with E-state index in [-0.39, 0.29) is 5.56 Å². The van der Waals surface area contributed by atoms with E-state index in [1.54, 1.807) is 6.07 Å². The van der Waals surface area contributed by atoms with Gasteiger partial charge < -0.3 is 14.6 Å². The van der Waals surface area contributed by atoms with Crippen LogP contribution in [0.3, 0.4) is 0 Å². The average Bonchev–Trinajstić information content (AvgIpc) is 2.71. The molecule has 1 heterocycles. The quantitative estimate of drug-likeness (QED) is 0.575. The molecule has 4 rings (SSSR count). The molecular formula is C25H24O4. The van der Waals surface area contributed by atoms with Crippen LogP contribution in [0.5, 0.6) is 11.5 Å². The number of benzene rings is 3. The van der Waals surface area contributed by atoms with Crippen molar-refractivity contribution in [3.63, 3.8) is 0 Å². The Morgan fingerprint density at radius 1 is 1.07 bits per heavy atom. The molecule has 0 saturated heterocycles. The summed E-state index contributed by atoms with van der Waals surface area (Å²) in [6.45, 7) is 6.49. The Hall–Kier alpha value is -3.27. The molecule has 4 heteroatoms. The number of carbonyl (C=O) groups is 1. The molecular weight excluding hydrogens is 364 g/mol. The van der Waals surface area contributed by atoms with Gasteiger partial charge in [0.25, 0.3) is 0 Å². The summed E-state index contributed by atoms with van der Waals surface area (Å²) >= 11 is 0. The lowest BCUT2D eigenvalue weighted by atomic mass is 9.87. The lowest BCUT2D eigenvalue weighted by molar-refractivity contribution is 0.0694. The first kappa shape index (κ1) is 19.1. The molecule has 0 amide bonds. The van der Waals surface area contributed by atoms with E-state index in [1.165, 1.54) is 0 Å². The van der Waals surface area contributed by atoms with Crippen LogP contribution in [0.2, 0.25) is 0 Å². The number of hydrogen-bond acceptors (Lipinski definition) is 3. The minimum Gasteiger partial charge on any atom is -0.488 e. The van der Waals surface area contributed by atoms with Crippen molar-refractivity contribution in [3.8, 4) is 11.5 Å². The van der Waals surface area contributed by atoms with E-state index in [0.29, 0.717) is 23.7 Å².